The van der Waals surface area contributed by atoms with Gasteiger partial charge in [-0.15, -0.1) is 0 Å². The van der Waals surface area contributed by atoms with Crippen molar-refractivity contribution in [3.63, 3.8) is 0 Å². The maximum Gasteiger partial charge on any atom is 0.260 e. The molecule has 2 heterocycles. The summed E-state index contributed by atoms with van der Waals surface area (Å²) in [4.78, 5) is 18.1. The van der Waals surface area contributed by atoms with Crippen molar-refractivity contribution in [1.82, 2.24) is 14.5 Å². The summed E-state index contributed by atoms with van der Waals surface area (Å²) in [6, 6.07) is 7.16. The van der Waals surface area contributed by atoms with Crippen LogP contribution in [0.5, 0.6) is 5.75 Å². The molecule has 1 aliphatic heterocycles. The average molecular weight is 272 g/mol. The summed E-state index contributed by atoms with van der Waals surface area (Å²) in [6.45, 7) is 1.97. The first kappa shape index (κ1) is 12.5. The number of carbonyl (C=O) groups excluding carboxylic acids is 1. The molecule has 2 aromatic rings. The van der Waals surface area contributed by atoms with E-state index in [9.17, 15) is 4.79 Å². The summed E-state index contributed by atoms with van der Waals surface area (Å²) in [5.74, 6) is 1.39. The number of nitrogen functional groups attached to an aromatic ring is 1. The SMILES string of the molecule is Nc1ccccc1OCC(=O)N1CCn2ccnc2C1. The summed E-state index contributed by atoms with van der Waals surface area (Å²) < 4.78 is 7.53. The van der Waals surface area contributed by atoms with Crippen LogP contribution in [0.2, 0.25) is 0 Å². The molecule has 0 bridgehead atoms. The van der Waals surface area contributed by atoms with Gasteiger partial charge in [0.2, 0.25) is 0 Å². The average Bonchev–Trinajstić information content (AvgIpc) is 2.93. The van der Waals surface area contributed by atoms with E-state index in [0.717, 1.165) is 12.4 Å². The number of hydrogen-bond donors (Lipinski definition) is 1. The molecule has 0 saturated carbocycles. The molecule has 1 aliphatic rings. The molecule has 0 unspecified atom stereocenters. The molecule has 0 aliphatic carbocycles. The highest BCUT2D eigenvalue weighted by atomic mass is 16.5. The van der Waals surface area contributed by atoms with Crippen LogP contribution in [0.4, 0.5) is 5.69 Å². The molecule has 6 heteroatoms. The largest absolute Gasteiger partial charge is 0.482 e. The molecule has 3 rings (SSSR count). The standard InChI is InChI=1S/C14H16N4O2/c15-11-3-1-2-4-12(11)20-10-14(19)18-8-7-17-6-5-16-13(17)9-18/h1-6H,7-10,15H2. The first-order valence-corrected chi connectivity index (χ1v) is 6.49. The number of rotatable bonds is 3. The van der Waals surface area contributed by atoms with Gasteiger partial charge in [0.1, 0.15) is 11.6 Å². The van der Waals surface area contributed by atoms with Gasteiger partial charge in [0.15, 0.2) is 6.61 Å². The number of imidazole rings is 1. The molecule has 1 amide bonds. The van der Waals surface area contributed by atoms with Crippen LogP contribution in [0.1, 0.15) is 5.82 Å². The number of nitrogens with zero attached hydrogens (tertiary/aromatic N) is 3. The van der Waals surface area contributed by atoms with Crippen molar-refractivity contribution in [3.8, 4) is 5.75 Å². The van der Waals surface area contributed by atoms with Crippen LogP contribution in [0, 0.1) is 0 Å². The third-order valence-corrected chi connectivity index (χ3v) is 3.37. The van der Waals surface area contributed by atoms with Crippen LogP contribution in [-0.4, -0.2) is 33.5 Å². The minimum absolute atomic E-state index is 0.00504. The van der Waals surface area contributed by atoms with Gasteiger partial charge in [-0.1, -0.05) is 12.1 Å². The number of hydrogen-bond acceptors (Lipinski definition) is 4. The lowest BCUT2D eigenvalue weighted by Crippen LogP contribution is -2.40. The smallest absolute Gasteiger partial charge is 0.260 e. The van der Waals surface area contributed by atoms with Crippen LogP contribution in [0.3, 0.4) is 0 Å². The van der Waals surface area contributed by atoms with Gasteiger partial charge in [-0.2, -0.15) is 0 Å². The van der Waals surface area contributed by atoms with Crippen molar-refractivity contribution >= 4 is 11.6 Å². The highest BCUT2D eigenvalue weighted by Crippen LogP contribution is 2.20. The van der Waals surface area contributed by atoms with E-state index in [1.807, 2.05) is 18.3 Å². The van der Waals surface area contributed by atoms with Crippen LogP contribution >= 0.6 is 0 Å². The van der Waals surface area contributed by atoms with E-state index in [4.69, 9.17) is 10.5 Å². The van der Waals surface area contributed by atoms with Crippen molar-refractivity contribution in [3.05, 3.63) is 42.5 Å². The van der Waals surface area contributed by atoms with Crippen LogP contribution in [-0.2, 0) is 17.9 Å². The zero-order chi connectivity index (χ0) is 13.9. The Morgan fingerprint density at radius 2 is 2.20 bits per heavy atom. The minimum atomic E-state index is -0.0532. The summed E-state index contributed by atoms with van der Waals surface area (Å²) in [7, 11) is 0. The quantitative estimate of drug-likeness (QED) is 0.842. The summed E-state index contributed by atoms with van der Waals surface area (Å²) in [5, 5.41) is 0. The van der Waals surface area contributed by atoms with E-state index in [1.54, 1.807) is 23.2 Å². The van der Waals surface area contributed by atoms with Gasteiger partial charge in [0, 0.05) is 25.5 Å². The minimum Gasteiger partial charge on any atom is -0.482 e. The Morgan fingerprint density at radius 1 is 1.35 bits per heavy atom. The lowest BCUT2D eigenvalue weighted by Gasteiger charge is -2.27. The van der Waals surface area contributed by atoms with E-state index in [-0.39, 0.29) is 12.5 Å². The number of benzene rings is 1. The topological polar surface area (TPSA) is 73.4 Å². The van der Waals surface area contributed by atoms with Gasteiger partial charge in [-0.25, -0.2) is 4.98 Å². The fraction of sp³-hybridized carbons (Fsp3) is 0.286. The van der Waals surface area contributed by atoms with E-state index in [0.29, 0.717) is 24.5 Å². The van der Waals surface area contributed by atoms with Gasteiger partial charge in [0.25, 0.3) is 5.91 Å². The molecule has 104 valence electrons. The van der Waals surface area contributed by atoms with E-state index < -0.39 is 0 Å². The molecular formula is C14H16N4O2. The molecule has 1 aromatic heterocycles. The normalized spacial score (nSPS) is 13.9. The predicted molar refractivity (Wildman–Crippen MR) is 74.0 cm³/mol. The second kappa shape index (κ2) is 5.24. The van der Waals surface area contributed by atoms with Gasteiger partial charge < -0.3 is 19.9 Å². The maximum atomic E-state index is 12.1. The molecule has 0 radical (unpaired) electrons. The van der Waals surface area contributed by atoms with Crippen LogP contribution in [0.25, 0.3) is 0 Å². The molecule has 6 nitrogen and oxygen atoms in total. The summed E-state index contributed by atoms with van der Waals surface area (Å²) in [6.07, 6.45) is 3.68. The van der Waals surface area contributed by atoms with Crippen LogP contribution in [0.15, 0.2) is 36.7 Å². The number of anilines is 1. The molecule has 1 aromatic carbocycles. The van der Waals surface area contributed by atoms with Crippen LogP contribution < -0.4 is 10.5 Å². The number of amides is 1. The molecule has 0 atom stereocenters. The predicted octanol–water partition coefficient (Wildman–Crippen LogP) is 0.886. The van der Waals surface area contributed by atoms with Gasteiger partial charge in [-0.3, -0.25) is 4.79 Å². The highest BCUT2D eigenvalue weighted by molar-refractivity contribution is 5.78. The zero-order valence-corrected chi connectivity index (χ0v) is 11.0. The van der Waals surface area contributed by atoms with E-state index in [2.05, 4.69) is 9.55 Å². The Labute approximate surface area is 116 Å². The highest BCUT2D eigenvalue weighted by Gasteiger charge is 2.21. The second-order valence-corrected chi connectivity index (χ2v) is 4.68. The second-order valence-electron chi connectivity index (χ2n) is 4.68. The third kappa shape index (κ3) is 2.45. The Bertz CT molecular complexity index is 623. The lowest BCUT2D eigenvalue weighted by molar-refractivity contribution is -0.134. The molecule has 2 N–H and O–H groups in total. The van der Waals surface area contributed by atoms with E-state index >= 15 is 0 Å². The van der Waals surface area contributed by atoms with Crippen molar-refractivity contribution in [2.75, 3.05) is 18.9 Å². The summed E-state index contributed by atoms with van der Waals surface area (Å²) >= 11 is 0. The Morgan fingerprint density at radius 3 is 3.05 bits per heavy atom. The summed E-state index contributed by atoms with van der Waals surface area (Å²) in [5.41, 5.74) is 6.31. The Hall–Kier alpha value is -2.50. The van der Waals surface area contributed by atoms with Crippen molar-refractivity contribution < 1.29 is 9.53 Å². The van der Waals surface area contributed by atoms with Crippen molar-refractivity contribution in [2.45, 2.75) is 13.1 Å². The molecule has 20 heavy (non-hydrogen) atoms. The zero-order valence-electron chi connectivity index (χ0n) is 11.0. The first-order valence-electron chi connectivity index (χ1n) is 6.49. The fourth-order valence-corrected chi connectivity index (χ4v) is 2.23. The van der Waals surface area contributed by atoms with Gasteiger partial charge >= 0.3 is 0 Å². The van der Waals surface area contributed by atoms with Crippen molar-refractivity contribution in [1.29, 1.82) is 0 Å². The number of aromatic nitrogens is 2. The number of para-hydroxylation sites is 2. The van der Waals surface area contributed by atoms with E-state index in [1.165, 1.54) is 0 Å². The number of carbonyl (C=O) groups is 1. The number of nitrogens with two attached hydrogens (primary N) is 1. The molecule has 0 fully saturated rings. The molecule has 0 saturated heterocycles. The maximum absolute atomic E-state index is 12.1. The molecule has 0 spiro atoms. The lowest BCUT2D eigenvalue weighted by atomic mass is 10.3. The van der Waals surface area contributed by atoms with Gasteiger partial charge in [-0.05, 0) is 12.1 Å². The van der Waals surface area contributed by atoms with Gasteiger partial charge in [0.05, 0.1) is 12.2 Å². The van der Waals surface area contributed by atoms with Crippen molar-refractivity contribution in [2.24, 2.45) is 0 Å². The monoisotopic (exact) mass is 272 g/mol. The fourth-order valence-electron chi connectivity index (χ4n) is 2.23. The number of fused-ring (bicyclic) bond motifs is 1. The Balaban J connectivity index is 1.59. The molecular weight excluding hydrogens is 256 g/mol. The number of ether oxygens (including phenoxy) is 1. The first-order chi connectivity index (χ1) is 9.74. The Kier molecular flexibility index (Phi) is 3.28. The third-order valence-electron chi connectivity index (χ3n) is 3.37.